The maximum absolute atomic E-state index is 11.3. The molecule has 0 unspecified atom stereocenters. The number of methoxy groups -OCH3 is 1. The topological polar surface area (TPSA) is 84.9 Å². The van der Waals surface area contributed by atoms with Crippen molar-refractivity contribution in [3.05, 3.63) is 0 Å². The summed E-state index contributed by atoms with van der Waals surface area (Å²) in [4.78, 5) is 34.6. The molecule has 0 heterocycles. The molecule has 0 saturated carbocycles. The van der Waals surface area contributed by atoms with Crippen LogP contribution in [0.15, 0.2) is 0 Å². The number of carbonyl (C=O) groups is 3. The fraction of sp³-hybridized carbons (Fsp3) is 0.700. The molecule has 17 heavy (non-hydrogen) atoms. The Morgan fingerprint density at radius 2 is 1.94 bits per heavy atom. The Balaban J connectivity index is 3.80. The second-order valence-electron chi connectivity index (χ2n) is 3.33. The molecule has 0 fully saturated rings. The highest BCUT2D eigenvalue weighted by molar-refractivity contribution is 5.92. The lowest BCUT2D eigenvalue weighted by Crippen LogP contribution is -2.39. The zero-order chi connectivity index (χ0) is 13.3. The molecule has 0 aliphatic carbocycles. The van der Waals surface area contributed by atoms with Gasteiger partial charge in [-0.2, -0.15) is 0 Å². The number of nitrogens with one attached hydrogen (secondary N) is 1. The molecule has 98 valence electrons. The Bertz CT molecular complexity index is 280. The largest absolute Gasteiger partial charge is 0.469 e. The highest BCUT2D eigenvalue weighted by Crippen LogP contribution is 1.90. The molecule has 0 bridgehead atoms. The van der Waals surface area contributed by atoms with Crippen molar-refractivity contribution in [3.8, 4) is 0 Å². The van der Waals surface area contributed by atoms with E-state index < -0.39 is 12.0 Å². The fourth-order valence-corrected chi connectivity index (χ4v) is 1.03. The number of alkyl carbamates (subject to hydrolysis) is 1. The zero-order valence-corrected chi connectivity index (χ0v) is 10.3. The highest BCUT2D eigenvalue weighted by atomic mass is 16.5. The number of esters is 1. The number of carbonyl (C=O) groups excluding carboxylic acids is 3. The first-order chi connectivity index (χ1) is 7.99. The number of hydrogen-bond donors (Lipinski definition) is 1. The molecule has 0 saturated heterocycles. The molecule has 0 aromatic heterocycles. The first-order valence-corrected chi connectivity index (χ1v) is 5.21. The zero-order valence-electron chi connectivity index (χ0n) is 10.3. The van der Waals surface area contributed by atoms with Crippen molar-refractivity contribution in [1.29, 1.82) is 0 Å². The molecule has 0 aliphatic heterocycles. The number of imide groups is 1. The summed E-state index contributed by atoms with van der Waals surface area (Å²) < 4.78 is 9.01. The number of rotatable bonds is 6. The van der Waals surface area contributed by atoms with Gasteiger partial charge < -0.3 is 9.47 Å². The van der Waals surface area contributed by atoms with Crippen molar-refractivity contribution < 1.29 is 23.9 Å². The van der Waals surface area contributed by atoms with Gasteiger partial charge in [-0.15, -0.1) is 0 Å². The van der Waals surface area contributed by atoms with Crippen LogP contribution >= 0.6 is 0 Å². The average molecular weight is 246 g/mol. The van der Waals surface area contributed by atoms with Crippen molar-refractivity contribution in [2.24, 2.45) is 0 Å². The molecule has 0 radical (unpaired) electrons. The molecular weight excluding hydrogens is 228 g/mol. The Morgan fingerprint density at radius 1 is 1.29 bits per heavy atom. The number of likely N-dealkylation sites (N-methyl/N-ethyl adjacent to an activating group) is 1. The SMILES string of the molecule is CCOC(=O)NC(=O)CN(C)CCC(=O)OC. The smallest absolute Gasteiger partial charge is 0.413 e. The van der Waals surface area contributed by atoms with Crippen LogP contribution in [0.5, 0.6) is 0 Å². The van der Waals surface area contributed by atoms with Gasteiger partial charge in [-0.25, -0.2) is 4.79 Å². The van der Waals surface area contributed by atoms with Gasteiger partial charge in [0.2, 0.25) is 5.91 Å². The lowest BCUT2D eigenvalue weighted by Gasteiger charge is -2.14. The van der Waals surface area contributed by atoms with Gasteiger partial charge in [-0.05, 0) is 14.0 Å². The van der Waals surface area contributed by atoms with Crippen molar-refractivity contribution in [2.45, 2.75) is 13.3 Å². The molecule has 0 spiro atoms. The van der Waals surface area contributed by atoms with Crippen LogP contribution in [0, 0.1) is 0 Å². The standard InChI is InChI=1S/C10H18N2O5/c1-4-17-10(15)11-8(13)7-12(2)6-5-9(14)16-3/h4-7H2,1-3H3,(H,11,13,15). The minimum absolute atomic E-state index is 0.00973. The lowest BCUT2D eigenvalue weighted by atomic mass is 10.4. The first kappa shape index (κ1) is 15.4. The summed E-state index contributed by atoms with van der Waals surface area (Å²) in [6.45, 7) is 2.24. The Morgan fingerprint density at radius 3 is 2.47 bits per heavy atom. The van der Waals surface area contributed by atoms with Gasteiger partial charge in [0.1, 0.15) is 0 Å². The Labute approximate surface area is 100 Å². The molecule has 2 amide bonds. The highest BCUT2D eigenvalue weighted by Gasteiger charge is 2.11. The summed E-state index contributed by atoms with van der Waals surface area (Å²) in [5.41, 5.74) is 0. The van der Waals surface area contributed by atoms with E-state index in [-0.39, 0.29) is 25.5 Å². The monoisotopic (exact) mass is 246 g/mol. The number of nitrogens with zero attached hydrogens (tertiary/aromatic N) is 1. The predicted octanol–water partition coefficient (Wildman–Crippen LogP) is -0.246. The minimum atomic E-state index is -0.765. The summed E-state index contributed by atoms with van der Waals surface area (Å²) in [7, 11) is 2.96. The van der Waals surface area contributed by atoms with E-state index >= 15 is 0 Å². The summed E-state index contributed by atoms with van der Waals surface area (Å²) in [5, 5.41) is 2.06. The molecule has 0 aliphatic rings. The Hall–Kier alpha value is -1.63. The van der Waals surface area contributed by atoms with Crippen LogP contribution in [-0.2, 0) is 19.1 Å². The third-order valence-electron chi connectivity index (χ3n) is 1.86. The number of amides is 2. The van der Waals surface area contributed by atoms with Crippen LogP contribution in [0.3, 0.4) is 0 Å². The second-order valence-corrected chi connectivity index (χ2v) is 3.33. The van der Waals surface area contributed by atoms with Gasteiger partial charge in [-0.1, -0.05) is 0 Å². The van der Waals surface area contributed by atoms with Crippen molar-refractivity contribution in [1.82, 2.24) is 10.2 Å². The first-order valence-electron chi connectivity index (χ1n) is 5.21. The van der Waals surface area contributed by atoms with Crippen molar-refractivity contribution in [3.63, 3.8) is 0 Å². The van der Waals surface area contributed by atoms with E-state index in [4.69, 9.17) is 0 Å². The minimum Gasteiger partial charge on any atom is -0.469 e. The van der Waals surface area contributed by atoms with Gasteiger partial charge in [-0.3, -0.25) is 19.8 Å². The third kappa shape index (κ3) is 8.21. The van der Waals surface area contributed by atoms with Gasteiger partial charge in [0, 0.05) is 6.54 Å². The van der Waals surface area contributed by atoms with E-state index in [2.05, 4.69) is 14.8 Å². The normalized spacial score (nSPS) is 9.88. The predicted molar refractivity (Wildman–Crippen MR) is 59.3 cm³/mol. The van der Waals surface area contributed by atoms with E-state index in [9.17, 15) is 14.4 Å². The molecular formula is C10H18N2O5. The molecule has 0 aromatic carbocycles. The number of hydrogen-bond acceptors (Lipinski definition) is 6. The maximum Gasteiger partial charge on any atom is 0.413 e. The van der Waals surface area contributed by atoms with Gasteiger partial charge in [0.05, 0.1) is 26.7 Å². The van der Waals surface area contributed by atoms with Gasteiger partial charge in [0.15, 0.2) is 0 Å². The molecule has 1 N–H and O–H groups in total. The third-order valence-corrected chi connectivity index (χ3v) is 1.86. The second kappa shape index (κ2) is 8.51. The number of ether oxygens (including phenoxy) is 2. The lowest BCUT2D eigenvalue weighted by molar-refractivity contribution is -0.141. The molecule has 0 rings (SSSR count). The van der Waals surface area contributed by atoms with E-state index in [0.29, 0.717) is 6.54 Å². The molecule has 0 atom stereocenters. The van der Waals surface area contributed by atoms with Crippen LogP contribution in [0.25, 0.3) is 0 Å². The summed E-state index contributed by atoms with van der Waals surface area (Å²) >= 11 is 0. The van der Waals surface area contributed by atoms with Crippen molar-refractivity contribution in [2.75, 3.05) is 33.9 Å². The van der Waals surface area contributed by atoms with Crippen LogP contribution in [0.1, 0.15) is 13.3 Å². The molecule has 0 aromatic rings. The summed E-state index contributed by atoms with van der Waals surface area (Å²) in [6.07, 6.45) is -0.571. The van der Waals surface area contributed by atoms with Crippen LogP contribution in [0.2, 0.25) is 0 Å². The molecule has 7 heteroatoms. The quantitative estimate of drug-likeness (QED) is 0.651. The van der Waals surface area contributed by atoms with E-state index in [1.165, 1.54) is 7.11 Å². The fourth-order valence-electron chi connectivity index (χ4n) is 1.03. The maximum atomic E-state index is 11.3. The van der Waals surface area contributed by atoms with E-state index in [1.807, 2.05) is 0 Å². The van der Waals surface area contributed by atoms with Gasteiger partial charge >= 0.3 is 12.1 Å². The molecule has 7 nitrogen and oxygen atoms in total. The average Bonchev–Trinajstić information content (AvgIpc) is 2.25. The van der Waals surface area contributed by atoms with E-state index in [0.717, 1.165) is 0 Å². The van der Waals surface area contributed by atoms with E-state index in [1.54, 1.807) is 18.9 Å². The summed E-state index contributed by atoms with van der Waals surface area (Å²) in [5.74, 6) is -0.821. The van der Waals surface area contributed by atoms with Crippen LogP contribution in [0.4, 0.5) is 4.79 Å². The van der Waals surface area contributed by atoms with Gasteiger partial charge in [0.25, 0.3) is 0 Å². The van der Waals surface area contributed by atoms with Crippen LogP contribution in [-0.4, -0.2) is 56.7 Å². The van der Waals surface area contributed by atoms with Crippen molar-refractivity contribution >= 4 is 18.0 Å². The van der Waals surface area contributed by atoms with Crippen LogP contribution < -0.4 is 5.32 Å². The summed E-state index contributed by atoms with van der Waals surface area (Å²) in [6, 6.07) is 0. The Kier molecular flexibility index (Phi) is 7.70.